The van der Waals surface area contributed by atoms with Crippen molar-refractivity contribution in [1.82, 2.24) is 10.6 Å². The van der Waals surface area contributed by atoms with E-state index in [0.29, 0.717) is 18.3 Å². The van der Waals surface area contributed by atoms with Gasteiger partial charge < -0.3 is 10.6 Å². The molecule has 0 heterocycles. The predicted octanol–water partition coefficient (Wildman–Crippen LogP) is 1.78. The summed E-state index contributed by atoms with van der Waals surface area (Å²) in [5, 5.41) is 6.60. The van der Waals surface area contributed by atoms with Gasteiger partial charge in [-0.3, -0.25) is 4.99 Å². The number of sulfone groups is 1. The fraction of sp³-hybridized carbons (Fsp3) is 0.588. The molecule has 2 rings (SSSR count). The van der Waals surface area contributed by atoms with Crippen LogP contribution >= 0.6 is 0 Å². The first-order chi connectivity index (χ1) is 10.9. The minimum Gasteiger partial charge on any atom is -0.356 e. The van der Waals surface area contributed by atoms with E-state index in [1.54, 1.807) is 7.05 Å². The van der Waals surface area contributed by atoms with Crippen molar-refractivity contribution in [3.05, 3.63) is 35.9 Å². The van der Waals surface area contributed by atoms with Crippen molar-refractivity contribution in [2.45, 2.75) is 31.7 Å². The van der Waals surface area contributed by atoms with E-state index in [9.17, 15) is 8.42 Å². The van der Waals surface area contributed by atoms with Gasteiger partial charge in [-0.2, -0.15) is 0 Å². The molecule has 1 fully saturated rings. The molecule has 0 spiro atoms. The highest BCUT2D eigenvalue weighted by Crippen LogP contribution is 2.46. The predicted molar refractivity (Wildman–Crippen MR) is 95.6 cm³/mol. The molecular weight excluding hydrogens is 310 g/mol. The number of rotatable bonds is 7. The average molecular weight is 337 g/mol. The Kier molecular flexibility index (Phi) is 6.04. The van der Waals surface area contributed by atoms with E-state index < -0.39 is 9.84 Å². The normalized spacial score (nSPS) is 22.5. The monoisotopic (exact) mass is 337 g/mol. The van der Waals surface area contributed by atoms with Crippen molar-refractivity contribution >= 4 is 15.8 Å². The Bertz CT molecular complexity index is 628. The quantitative estimate of drug-likeness (QED) is 0.588. The van der Waals surface area contributed by atoms with Crippen molar-refractivity contribution in [2.75, 3.05) is 25.6 Å². The highest BCUT2D eigenvalue weighted by molar-refractivity contribution is 7.90. The van der Waals surface area contributed by atoms with Crippen LogP contribution in [0.3, 0.4) is 0 Å². The number of guanidine groups is 1. The molecule has 0 radical (unpaired) electrons. The van der Waals surface area contributed by atoms with Crippen LogP contribution in [0.5, 0.6) is 0 Å². The molecule has 0 aliphatic heterocycles. The first kappa shape index (κ1) is 17.8. The van der Waals surface area contributed by atoms with Crippen LogP contribution in [-0.4, -0.2) is 46.0 Å². The highest BCUT2D eigenvalue weighted by Gasteiger charge is 2.37. The van der Waals surface area contributed by atoms with Gasteiger partial charge in [0.25, 0.3) is 0 Å². The van der Waals surface area contributed by atoms with Crippen LogP contribution in [0.1, 0.15) is 31.2 Å². The first-order valence-corrected chi connectivity index (χ1v) is 10.1. The van der Waals surface area contributed by atoms with Gasteiger partial charge in [0.1, 0.15) is 9.84 Å². The molecule has 6 heteroatoms. The third-order valence-electron chi connectivity index (χ3n) is 4.21. The average Bonchev–Trinajstić information content (AvgIpc) is 3.29. The maximum Gasteiger partial charge on any atom is 0.191 e. The Morgan fingerprint density at radius 2 is 2.04 bits per heavy atom. The zero-order valence-corrected chi connectivity index (χ0v) is 14.9. The lowest BCUT2D eigenvalue weighted by Crippen LogP contribution is -2.43. The number of nitrogens with one attached hydrogen (secondary N) is 2. The number of benzene rings is 1. The molecule has 1 saturated carbocycles. The van der Waals surface area contributed by atoms with Crippen LogP contribution in [0.15, 0.2) is 35.3 Å². The Labute approximate surface area is 139 Å². The summed E-state index contributed by atoms with van der Waals surface area (Å²) in [5.74, 6) is 2.22. The molecule has 0 amide bonds. The summed E-state index contributed by atoms with van der Waals surface area (Å²) in [4.78, 5) is 4.21. The number of nitrogens with zero attached hydrogens (tertiary/aromatic N) is 1. The van der Waals surface area contributed by atoms with Gasteiger partial charge in [0.15, 0.2) is 5.96 Å². The van der Waals surface area contributed by atoms with Crippen molar-refractivity contribution < 1.29 is 8.42 Å². The summed E-state index contributed by atoms with van der Waals surface area (Å²) in [6, 6.07) is 10.7. The number of hydrogen-bond acceptors (Lipinski definition) is 3. The molecule has 0 bridgehead atoms. The van der Waals surface area contributed by atoms with Gasteiger partial charge in [-0.05, 0) is 37.2 Å². The topological polar surface area (TPSA) is 70.6 Å². The van der Waals surface area contributed by atoms with Crippen LogP contribution in [0, 0.1) is 5.92 Å². The van der Waals surface area contributed by atoms with Crippen molar-refractivity contribution in [3.8, 4) is 0 Å². The van der Waals surface area contributed by atoms with Gasteiger partial charge in [-0.25, -0.2) is 8.42 Å². The van der Waals surface area contributed by atoms with E-state index in [2.05, 4.69) is 39.9 Å². The van der Waals surface area contributed by atoms with E-state index in [-0.39, 0.29) is 11.8 Å². The van der Waals surface area contributed by atoms with Gasteiger partial charge in [0, 0.05) is 25.9 Å². The lowest BCUT2D eigenvalue weighted by Gasteiger charge is -2.17. The Morgan fingerprint density at radius 3 is 2.65 bits per heavy atom. The molecule has 1 aliphatic rings. The summed E-state index contributed by atoms with van der Waals surface area (Å²) in [6.45, 7) is 2.86. The van der Waals surface area contributed by atoms with E-state index in [1.165, 1.54) is 18.2 Å². The zero-order valence-electron chi connectivity index (χ0n) is 14.1. The Morgan fingerprint density at radius 1 is 1.35 bits per heavy atom. The van der Waals surface area contributed by atoms with Crippen LogP contribution in [0.4, 0.5) is 0 Å². The van der Waals surface area contributed by atoms with Crippen LogP contribution in [-0.2, 0) is 9.84 Å². The highest BCUT2D eigenvalue weighted by atomic mass is 32.2. The lowest BCUT2D eigenvalue weighted by molar-refractivity contribution is 0.580. The smallest absolute Gasteiger partial charge is 0.191 e. The summed E-state index contributed by atoms with van der Waals surface area (Å²) in [7, 11) is -1.18. The molecule has 3 atom stereocenters. The van der Waals surface area contributed by atoms with Gasteiger partial charge in [-0.15, -0.1) is 0 Å². The van der Waals surface area contributed by atoms with E-state index >= 15 is 0 Å². The van der Waals surface area contributed by atoms with Gasteiger partial charge in [0.05, 0.1) is 5.75 Å². The minimum atomic E-state index is -2.92. The second-order valence-electron chi connectivity index (χ2n) is 6.43. The molecule has 1 aliphatic carbocycles. The second-order valence-corrected chi connectivity index (χ2v) is 8.69. The zero-order chi connectivity index (χ0) is 16.9. The number of hydrogen-bond donors (Lipinski definition) is 2. The second kappa shape index (κ2) is 7.81. The Hall–Kier alpha value is -1.56. The maximum absolute atomic E-state index is 11.2. The van der Waals surface area contributed by atoms with E-state index in [1.807, 2.05) is 13.0 Å². The summed E-state index contributed by atoms with van der Waals surface area (Å²) < 4.78 is 22.4. The minimum absolute atomic E-state index is 0.0695. The molecule has 2 N–H and O–H groups in total. The summed E-state index contributed by atoms with van der Waals surface area (Å²) in [6.07, 6.45) is 3.05. The van der Waals surface area contributed by atoms with Crippen molar-refractivity contribution in [1.29, 1.82) is 0 Å². The lowest BCUT2D eigenvalue weighted by atomic mass is 10.1. The molecule has 0 saturated heterocycles. The Balaban J connectivity index is 1.72. The fourth-order valence-corrected chi connectivity index (χ4v) is 3.48. The summed E-state index contributed by atoms with van der Waals surface area (Å²) >= 11 is 0. The maximum atomic E-state index is 11.2. The SMILES string of the molecule is CN=C(NCC1CC1c1ccccc1)NC(C)CCS(C)(=O)=O. The van der Waals surface area contributed by atoms with Crippen molar-refractivity contribution in [2.24, 2.45) is 10.9 Å². The van der Waals surface area contributed by atoms with E-state index in [0.717, 1.165) is 12.5 Å². The molecule has 0 aromatic heterocycles. The number of aliphatic imine (C=N–C) groups is 1. The molecule has 128 valence electrons. The fourth-order valence-electron chi connectivity index (χ4n) is 2.70. The van der Waals surface area contributed by atoms with Gasteiger partial charge in [0.2, 0.25) is 0 Å². The first-order valence-electron chi connectivity index (χ1n) is 8.09. The third kappa shape index (κ3) is 6.22. The van der Waals surface area contributed by atoms with Crippen molar-refractivity contribution in [3.63, 3.8) is 0 Å². The van der Waals surface area contributed by atoms with Crippen LogP contribution < -0.4 is 10.6 Å². The molecule has 5 nitrogen and oxygen atoms in total. The third-order valence-corrected chi connectivity index (χ3v) is 5.19. The summed E-state index contributed by atoms with van der Waals surface area (Å²) in [5.41, 5.74) is 1.41. The van der Waals surface area contributed by atoms with Crippen LogP contribution in [0.25, 0.3) is 0 Å². The standard InChI is InChI=1S/C17H27N3O2S/c1-13(9-10-23(3,21)22)20-17(18-2)19-12-15-11-16(15)14-7-5-4-6-8-14/h4-8,13,15-16H,9-12H2,1-3H3,(H2,18,19,20). The van der Waals surface area contributed by atoms with E-state index in [4.69, 9.17) is 0 Å². The molecule has 1 aromatic carbocycles. The van der Waals surface area contributed by atoms with Gasteiger partial charge in [-0.1, -0.05) is 30.3 Å². The molecular formula is C17H27N3O2S. The molecule has 23 heavy (non-hydrogen) atoms. The largest absolute Gasteiger partial charge is 0.356 e. The van der Waals surface area contributed by atoms with Gasteiger partial charge >= 0.3 is 0 Å². The molecule has 3 unspecified atom stereocenters. The molecule has 1 aromatic rings. The van der Waals surface area contributed by atoms with Crippen LogP contribution in [0.2, 0.25) is 0 Å².